The molecule has 2 rings (SSSR count). The number of anilines is 1. The Morgan fingerprint density at radius 1 is 1.50 bits per heavy atom. The second kappa shape index (κ2) is 6.76. The standard InChI is InChI=1S/C15H17BrN2O2/c1-20-15(19)9-11-4-6-18(7-5-11)14-3-2-12(10-17)8-13(14)16/h2-3,8,11H,4-7,9H2,1H3. The molecule has 0 spiro atoms. The number of nitriles is 1. The van der Waals surface area contributed by atoms with E-state index in [0.29, 0.717) is 17.9 Å². The van der Waals surface area contributed by atoms with Crippen LogP contribution in [0.25, 0.3) is 0 Å². The molecule has 0 radical (unpaired) electrons. The normalized spacial score (nSPS) is 15.8. The first-order chi connectivity index (χ1) is 9.63. The third-order valence-corrected chi connectivity index (χ3v) is 4.35. The molecule has 1 aliphatic rings. The average Bonchev–Trinajstić information content (AvgIpc) is 2.48. The smallest absolute Gasteiger partial charge is 0.305 e. The maximum absolute atomic E-state index is 11.3. The third-order valence-electron chi connectivity index (χ3n) is 3.72. The van der Waals surface area contributed by atoms with Gasteiger partial charge in [-0.15, -0.1) is 0 Å². The van der Waals surface area contributed by atoms with Gasteiger partial charge in [-0.1, -0.05) is 0 Å². The Morgan fingerprint density at radius 2 is 2.20 bits per heavy atom. The molecule has 0 atom stereocenters. The van der Waals surface area contributed by atoms with E-state index >= 15 is 0 Å². The Hall–Kier alpha value is -1.54. The van der Waals surface area contributed by atoms with Crippen molar-refractivity contribution in [1.82, 2.24) is 0 Å². The minimum Gasteiger partial charge on any atom is -0.469 e. The molecule has 0 aliphatic carbocycles. The number of carbonyl (C=O) groups excluding carboxylic acids is 1. The number of esters is 1. The predicted molar refractivity (Wildman–Crippen MR) is 80.4 cm³/mol. The van der Waals surface area contributed by atoms with E-state index in [-0.39, 0.29) is 5.97 Å². The molecule has 0 amide bonds. The number of benzene rings is 1. The van der Waals surface area contributed by atoms with Gasteiger partial charge in [0.2, 0.25) is 0 Å². The van der Waals surface area contributed by atoms with E-state index < -0.39 is 0 Å². The van der Waals surface area contributed by atoms with Crippen LogP contribution < -0.4 is 4.90 Å². The molecule has 106 valence electrons. The van der Waals surface area contributed by atoms with Crippen LogP contribution in [-0.4, -0.2) is 26.2 Å². The van der Waals surface area contributed by atoms with Crippen LogP contribution in [0.3, 0.4) is 0 Å². The summed E-state index contributed by atoms with van der Waals surface area (Å²) in [6, 6.07) is 7.79. The summed E-state index contributed by atoms with van der Waals surface area (Å²) >= 11 is 3.52. The van der Waals surface area contributed by atoms with Crippen molar-refractivity contribution >= 4 is 27.6 Å². The van der Waals surface area contributed by atoms with Crippen molar-refractivity contribution in [3.05, 3.63) is 28.2 Å². The van der Waals surface area contributed by atoms with Gasteiger partial charge in [0.1, 0.15) is 0 Å². The van der Waals surface area contributed by atoms with Crippen molar-refractivity contribution in [2.75, 3.05) is 25.1 Å². The van der Waals surface area contributed by atoms with E-state index in [2.05, 4.69) is 26.9 Å². The lowest BCUT2D eigenvalue weighted by Gasteiger charge is -2.33. The van der Waals surface area contributed by atoms with E-state index in [0.717, 1.165) is 36.1 Å². The highest BCUT2D eigenvalue weighted by molar-refractivity contribution is 9.10. The Balaban J connectivity index is 1.97. The maximum atomic E-state index is 11.3. The molecular weight excluding hydrogens is 320 g/mol. The van der Waals surface area contributed by atoms with Gasteiger partial charge in [-0.3, -0.25) is 4.79 Å². The van der Waals surface area contributed by atoms with E-state index in [4.69, 9.17) is 10.00 Å². The molecule has 1 heterocycles. The van der Waals surface area contributed by atoms with Crippen molar-refractivity contribution in [2.45, 2.75) is 19.3 Å². The van der Waals surface area contributed by atoms with E-state index in [9.17, 15) is 4.79 Å². The molecule has 4 nitrogen and oxygen atoms in total. The first kappa shape index (κ1) is 14.9. The van der Waals surface area contributed by atoms with Crippen LogP contribution in [0.2, 0.25) is 0 Å². The third kappa shape index (κ3) is 3.51. The zero-order valence-corrected chi connectivity index (χ0v) is 13.0. The van der Waals surface area contributed by atoms with Gasteiger partial charge in [0, 0.05) is 24.0 Å². The van der Waals surface area contributed by atoms with Crippen molar-refractivity contribution in [2.24, 2.45) is 5.92 Å². The van der Waals surface area contributed by atoms with Crippen LogP contribution in [0.1, 0.15) is 24.8 Å². The summed E-state index contributed by atoms with van der Waals surface area (Å²) in [6.45, 7) is 1.85. The van der Waals surface area contributed by atoms with Gasteiger partial charge in [-0.2, -0.15) is 5.26 Å². The maximum Gasteiger partial charge on any atom is 0.305 e. The highest BCUT2D eigenvalue weighted by Gasteiger charge is 2.23. The van der Waals surface area contributed by atoms with Crippen molar-refractivity contribution < 1.29 is 9.53 Å². The van der Waals surface area contributed by atoms with Crippen LogP contribution in [0.5, 0.6) is 0 Å². The molecule has 0 bridgehead atoms. The Morgan fingerprint density at radius 3 is 2.75 bits per heavy atom. The van der Waals surface area contributed by atoms with Crippen LogP contribution in [-0.2, 0) is 9.53 Å². The molecule has 0 aromatic heterocycles. The first-order valence-electron chi connectivity index (χ1n) is 6.65. The first-order valence-corrected chi connectivity index (χ1v) is 7.44. The number of rotatable bonds is 3. The number of nitrogens with zero attached hydrogens (tertiary/aromatic N) is 2. The van der Waals surface area contributed by atoms with Crippen LogP contribution in [0.15, 0.2) is 22.7 Å². The molecule has 5 heteroatoms. The SMILES string of the molecule is COC(=O)CC1CCN(c2ccc(C#N)cc2Br)CC1. The molecule has 0 saturated carbocycles. The van der Waals surface area contributed by atoms with E-state index in [1.165, 1.54) is 7.11 Å². The lowest BCUT2D eigenvalue weighted by atomic mass is 9.93. The predicted octanol–water partition coefficient (Wildman–Crippen LogP) is 3.10. The molecular formula is C15H17BrN2O2. The van der Waals surface area contributed by atoms with Crippen molar-refractivity contribution in [3.8, 4) is 6.07 Å². The zero-order valence-electron chi connectivity index (χ0n) is 11.4. The molecule has 1 saturated heterocycles. The summed E-state index contributed by atoms with van der Waals surface area (Å²) in [5.74, 6) is 0.291. The van der Waals surface area contributed by atoms with Gasteiger partial charge < -0.3 is 9.64 Å². The fourth-order valence-electron chi connectivity index (χ4n) is 2.53. The van der Waals surface area contributed by atoms with Crippen LogP contribution in [0, 0.1) is 17.2 Å². The van der Waals surface area contributed by atoms with Gasteiger partial charge in [0.25, 0.3) is 0 Å². The number of carbonyl (C=O) groups is 1. The molecule has 20 heavy (non-hydrogen) atoms. The Bertz CT molecular complexity index is 531. The summed E-state index contributed by atoms with van der Waals surface area (Å²) in [5.41, 5.74) is 1.77. The Labute approximate surface area is 127 Å². The average molecular weight is 337 g/mol. The Kier molecular flexibility index (Phi) is 5.02. The van der Waals surface area contributed by atoms with Gasteiger partial charge >= 0.3 is 5.97 Å². The van der Waals surface area contributed by atoms with Gasteiger partial charge in [0.15, 0.2) is 0 Å². The number of hydrogen-bond acceptors (Lipinski definition) is 4. The molecule has 1 aliphatic heterocycles. The highest BCUT2D eigenvalue weighted by atomic mass is 79.9. The highest BCUT2D eigenvalue weighted by Crippen LogP contribution is 2.31. The summed E-state index contributed by atoms with van der Waals surface area (Å²) in [4.78, 5) is 13.6. The quantitative estimate of drug-likeness (QED) is 0.796. The molecule has 1 aromatic rings. The fourth-order valence-corrected chi connectivity index (χ4v) is 3.16. The van der Waals surface area contributed by atoms with Gasteiger partial charge in [-0.05, 0) is 52.9 Å². The summed E-state index contributed by atoms with van der Waals surface area (Å²) in [7, 11) is 1.44. The zero-order chi connectivity index (χ0) is 14.5. The largest absolute Gasteiger partial charge is 0.469 e. The van der Waals surface area contributed by atoms with Gasteiger partial charge in [-0.25, -0.2) is 0 Å². The molecule has 1 aromatic carbocycles. The molecule has 1 fully saturated rings. The minimum absolute atomic E-state index is 0.122. The van der Waals surface area contributed by atoms with Gasteiger partial charge in [0.05, 0.1) is 24.4 Å². The topological polar surface area (TPSA) is 53.3 Å². The number of halogens is 1. The second-order valence-corrected chi connectivity index (χ2v) is 5.84. The lowest BCUT2D eigenvalue weighted by molar-refractivity contribution is -0.141. The van der Waals surface area contributed by atoms with Crippen molar-refractivity contribution in [3.63, 3.8) is 0 Å². The number of methoxy groups -OCH3 is 1. The van der Waals surface area contributed by atoms with Crippen LogP contribution >= 0.6 is 15.9 Å². The van der Waals surface area contributed by atoms with Crippen LogP contribution in [0.4, 0.5) is 5.69 Å². The number of ether oxygens (including phenoxy) is 1. The lowest BCUT2D eigenvalue weighted by Crippen LogP contribution is -2.34. The molecule has 0 N–H and O–H groups in total. The van der Waals surface area contributed by atoms with Crippen molar-refractivity contribution in [1.29, 1.82) is 5.26 Å². The molecule has 0 unspecified atom stereocenters. The summed E-state index contributed by atoms with van der Waals surface area (Å²) in [6.07, 6.45) is 2.49. The van der Waals surface area contributed by atoms with E-state index in [1.54, 1.807) is 0 Å². The fraction of sp³-hybridized carbons (Fsp3) is 0.467. The van der Waals surface area contributed by atoms with E-state index in [1.807, 2.05) is 18.2 Å². The monoisotopic (exact) mass is 336 g/mol. The number of hydrogen-bond donors (Lipinski definition) is 0. The summed E-state index contributed by atoms with van der Waals surface area (Å²) in [5, 5.41) is 8.88. The summed E-state index contributed by atoms with van der Waals surface area (Å²) < 4.78 is 5.67. The number of piperidine rings is 1. The second-order valence-electron chi connectivity index (χ2n) is 4.99. The minimum atomic E-state index is -0.122.